The number of nitrogens with zero attached hydrogens (tertiary/aromatic N) is 4. The third-order valence-electron chi connectivity index (χ3n) is 4.61. The number of thiazole rings is 1. The monoisotopic (exact) mass is 391 g/mol. The maximum atomic E-state index is 5.97. The molecule has 0 saturated carbocycles. The highest BCUT2D eigenvalue weighted by molar-refractivity contribution is 7.11. The van der Waals surface area contributed by atoms with E-state index in [0.29, 0.717) is 0 Å². The lowest BCUT2D eigenvalue weighted by molar-refractivity contribution is 0.172. The minimum absolute atomic E-state index is 0.787. The predicted molar refractivity (Wildman–Crippen MR) is 110 cm³/mol. The molecule has 0 spiro atoms. The van der Waals surface area contributed by atoms with Gasteiger partial charge in [-0.1, -0.05) is 23.7 Å². The van der Waals surface area contributed by atoms with Crippen LogP contribution in [-0.4, -0.2) is 54.0 Å². The van der Waals surface area contributed by atoms with Crippen LogP contribution in [0.25, 0.3) is 0 Å². The normalized spacial score (nSPS) is 16.2. The molecular weight excluding hydrogens is 366 g/mol. The Bertz CT molecular complexity index is 748. The van der Waals surface area contributed by atoms with E-state index in [1.54, 1.807) is 11.3 Å². The van der Waals surface area contributed by atoms with Gasteiger partial charge >= 0.3 is 0 Å². The summed E-state index contributed by atoms with van der Waals surface area (Å²) in [5.74, 6) is 0.974. The highest BCUT2D eigenvalue weighted by Crippen LogP contribution is 2.17. The number of aromatic nitrogens is 1. The molecule has 5 nitrogen and oxygen atoms in total. The van der Waals surface area contributed by atoms with E-state index in [-0.39, 0.29) is 0 Å². The third kappa shape index (κ3) is 4.96. The molecule has 2 aromatic rings. The first kappa shape index (κ1) is 19.1. The highest BCUT2D eigenvalue weighted by atomic mass is 35.5. The Balaban J connectivity index is 1.49. The van der Waals surface area contributed by atoms with Gasteiger partial charge in [0.15, 0.2) is 5.96 Å². The largest absolute Gasteiger partial charge is 0.351 e. The number of halogens is 1. The van der Waals surface area contributed by atoms with E-state index in [1.807, 2.05) is 19.2 Å². The van der Waals surface area contributed by atoms with Gasteiger partial charge in [-0.2, -0.15) is 0 Å². The predicted octanol–water partition coefficient (Wildman–Crippen LogP) is 3.31. The Labute approximate surface area is 164 Å². The summed E-state index contributed by atoms with van der Waals surface area (Å²) < 4.78 is 0. The SMILES string of the molecule is CN=C(NCc1sc(C)nc1C)N1CCN(Cc2ccc(Cl)cc2)CC1. The van der Waals surface area contributed by atoms with Crippen LogP contribution in [-0.2, 0) is 13.1 Å². The van der Waals surface area contributed by atoms with Gasteiger partial charge in [0.2, 0.25) is 0 Å². The number of aryl methyl sites for hydroxylation is 2. The van der Waals surface area contributed by atoms with E-state index in [9.17, 15) is 0 Å². The average molecular weight is 392 g/mol. The van der Waals surface area contributed by atoms with Crippen molar-refractivity contribution in [3.63, 3.8) is 0 Å². The number of hydrogen-bond donors (Lipinski definition) is 1. The summed E-state index contributed by atoms with van der Waals surface area (Å²) in [7, 11) is 1.85. The molecule has 0 atom stereocenters. The molecule has 1 aromatic carbocycles. The molecule has 26 heavy (non-hydrogen) atoms. The summed E-state index contributed by atoms with van der Waals surface area (Å²) in [6.45, 7) is 9.89. The molecule has 140 valence electrons. The van der Waals surface area contributed by atoms with Crippen molar-refractivity contribution < 1.29 is 0 Å². The molecule has 0 amide bonds. The summed E-state index contributed by atoms with van der Waals surface area (Å²) in [6, 6.07) is 8.13. The summed E-state index contributed by atoms with van der Waals surface area (Å²) in [5, 5.41) is 5.40. The number of piperazine rings is 1. The first-order valence-corrected chi connectivity index (χ1v) is 10.1. The highest BCUT2D eigenvalue weighted by Gasteiger charge is 2.20. The van der Waals surface area contributed by atoms with E-state index in [4.69, 9.17) is 11.6 Å². The second-order valence-electron chi connectivity index (χ2n) is 6.53. The number of benzene rings is 1. The standard InChI is InChI=1S/C19H26ClN5S/c1-14-18(26-15(2)23-14)12-22-19(21-3)25-10-8-24(9-11-25)13-16-4-6-17(20)7-5-16/h4-7H,8-13H2,1-3H3,(H,21,22). The Morgan fingerprint density at radius 2 is 1.88 bits per heavy atom. The zero-order valence-corrected chi connectivity index (χ0v) is 17.2. The minimum Gasteiger partial charge on any atom is -0.351 e. The molecule has 1 fully saturated rings. The quantitative estimate of drug-likeness (QED) is 0.641. The van der Waals surface area contributed by atoms with Crippen molar-refractivity contribution in [1.29, 1.82) is 0 Å². The summed E-state index contributed by atoms with van der Waals surface area (Å²) in [5.41, 5.74) is 2.42. The maximum Gasteiger partial charge on any atom is 0.194 e. The number of rotatable bonds is 4. The van der Waals surface area contributed by atoms with Crippen LogP contribution >= 0.6 is 22.9 Å². The van der Waals surface area contributed by atoms with Gasteiger partial charge in [0.1, 0.15) is 0 Å². The topological polar surface area (TPSA) is 43.8 Å². The van der Waals surface area contributed by atoms with E-state index in [2.05, 4.69) is 51.1 Å². The lowest BCUT2D eigenvalue weighted by atomic mass is 10.2. The van der Waals surface area contributed by atoms with Crippen LogP contribution in [0, 0.1) is 13.8 Å². The van der Waals surface area contributed by atoms with E-state index >= 15 is 0 Å². The maximum absolute atomic E-state index is 5.97. The van der Waals surface area contributed by atoms with Crippen molar-refractivity contribution in [1.82, 2.24) is 20.1 Å². The Morgan fingerprint density at radius 1 is 1.19 bits per heavy atom. The molecule has 1 aliphatic heterocycles. The molecule has 0 radical (unpaired) electrons. The van der Waals surface area contributed by atoms with Gasteiger partial charge in [-0.3, -0.25) is 9.89 Å². The smallest absolute Gasteiger partial charge is 0.194 e. The van der Waals surface area contributed by atoms with Crippen molar-refractivity contribution >= 4 is 28.9 Å². The van der Waals surface area contributed by atoms with E-state index < -0.39 is 0 Å². The molecule has 0 bridgehead atoms. The van der Waals surface area contributed by atoms with Crippen molar-refractivity contribution in [2.45, 2.75) is 26.9 Å². The molecule has 7 heteroatoms. The van der Waals surface area contributed by atoms with Gasteiger partial charge in [-0.15, -0.1) is 11.3 Å². The molecule has 0 unspecified atom stereocenters. The van der Waals surface area contributed by atoms with Crippen LogP contribution in [0.3, 0.4) is 0 Å². The van der Waals surface area contributed by atoms with Crippen molar-refractivity contribution in [2.75, 3.05) is 33.2 Å². The first-order chi connectivity index (χ1) is 12.5. The van der Waals surface area contributed by atoms with Crippen LogP contribution in [0.2, 0.25) is 5.02 Å². The van der Waals surface area contributed by atoms with Crippen LogP contribution in [0.1, 0.15) is 21.1 Å². The molecular formula is C19H26ClN5S. The van der Waals surface area contributed by atoms with Crippen LogP contribution < -0.4 is 5.32 Å². The number of guanidine groups is 1. The number of nitrogens with one attached hydrogen (secondary N) is 1. The average Bonchev–Trinajstić information content (AvgIpc) is 2.96. The van der Waals surface area contributed by atoms with Gasteiger partial charge in [0.05, 0.1) is 17.2 Å². The summed E-state index contributed by atoms with van der Waals surface area (Å²) in [4.78, 5) is 15.1. The van der Waals surface area contributed by atoms with Gasteiger partial charge < -0.3 is 10.2 Å². The van der Waals surface area contributed by atoms with Gasteiger partial charge in [0.25, 0.3) is 0 Å². The van der Waals surface area contributed by atoms with Crippen molar-refractivity contribution in [3.8, 4) is 0 Å². The fourth-order valence-electron chi connectivity index (χ4n) is 3.19. The minimum atomic E-state index is 0.787. The summed E-state index contributed by atoms with van der Waals surface area (Å²) >= 11 is 7.72. The number of aliphatic imine (C=N–C) groups is 1. The lowest BCUT2D eigenvalue weighted by Crippen LogP contribution is -2.52. The zero-order chi connectivity index (χ0) is 18.5. The second kappa shape index (κ2) is 8.84. The Kier molecular flexibility index (Phi) is 6.51. The summed E-state index contributed by atoms with van der Waals surface area (Å²) in [6.07, 6.45) is 0. The van der Waals surface area contributed by atoms with Crippen molar-refractivity contribution in [2.24, 2.45) is 4.99 Å². The van der Waals surface area contributed by atoms with Gasteiger partial charge in [-0.25, -0.2) is 4.98 Å². The Morgan fingerprint density at radius 3 is 2.46 bits per heavy atom. The molecule has 1 aromatic heterocycles. The molecule has 1 saturated heterocycles. The second-order valence-corrected chi connectivity index (χ2v) is 8.26. The van der Waals surface area contributed by atoms with Gasteiger partial charge in [-0.05, 0) is 31.5 Å². The van der Waals surface area contributed by atoms with E-state index in [0.717, 1.165) is 61.0 Å². The molecule has 3 rings (SSSR count). The van der Waals surface area contributed by atoms with Crippen LogP contribution in [0.15, 0.2) is 29.3 Å². The first-order valence-electron chi connectivity index (χ1n) is 8.90. The zero-order valence-electron chi connectivity index (χ0n) is 15.6. The lowest BCUT2D eigenvalue weighted by Gasteiger charge is -2.36. The third-order valence-corrected chi connectivity index (χ3v) is 5.93. The van der Waals surface area contributed by atoms with E-state index in [1.165, 1.54) is 10.4 Å². The fourth-order valence-corrected chi connectivity index (χ4v) is 4.20. The molecule has 1 aliphatic rings. The fraction of sp³-hybridized carbons (Fsp3) is 0.474. The van der Waals surface area contributed by atoms with Crippen LogP contribution in [0.4, 0.5) is 0 Å². The van der Waals surface area contributed by atoms with Gasteiger partial charge in [0, 0.05) is 49.7 Å². The Hall–Kier alpha value is -1.63. The molecule has 2 heterocycles. The molecule has 1 N–H and O–H groups in total. The van der Waals surface area contributed by atoms with Crippen LogP contribution in [0.5, 0.6) is 0 Å². The molecule has 0 aliphatic carbocycles. The van der Waals surface area contributed by atoms with Crippen molar-refractivity contribution in [3.05, 3.63) is 50.4 Å². The number of hydrogen-bond acceptors (Lipinski definition) is 4.